The van der Waals surface area contributed by atoms with Gasteiger partial charge < -0.3 is 9.32 Å². The van der Waals surface area contributed by atoms with E-state index in [2.05, 4.69) is 17.1 Å². The molecule has 0 aliphatic carbocycles. The van der Waals surface area contributed by atoms with Crippen LogP contribution in [-0.2, 0) is 17.8 Å². The van der Waals surface area contributed by atoms with Crippen LogP contribution < -0.4 is 0 Å². The summed E-state index contributed by atoms with van der Waals surface area (Å²) in [6.07, 6.45) is 1.22. The molecule has 0 unspecified atom stereocenters. The highest BCUT2D eigenvalue weighted by Crippen LogP contribution is 2.18. The third-order valence-electron chi connectivity index (χ3n) is 4.14. The van der Waals surface area contributed by atoms with Crippen molar-refractivity contribution in [2.75, 3.05) is 6.54 Å². The van der Waals surface area contributed by atoms with Gasteiger partial charge in [-0.05, 0) is 36.6 Å². The first kappa shape index (κ1) is 16.2. The maximum atomic E-state index is 12.5. The smallest absolute Gasteiger partial charge is 0.223 e. The fraction of sp³-hybridized carbons (Fsp3) is 0.300. The average molecular weight is 322 g/mol. The fourth-order valence-corrected chi connectivity index (χ4v) is 2.83. The lowest BCUT2D eigenvalue weighted by atomic mass is 10.1. The number of aryl methyl sites for hydroxylation is 2. The maximum absolute atomic E-state index is 12.5. The second kappa shape index (κ2) is 7.30. The summed E-state index contributed by atoms with van der Waals surface area (Å²) >= 11 is 0. The Morgan fingerprint density at radius 1 is 1.12 bits per heavy atom. The molecule has 1 heterocycles. The third-order valence-corrected chi connectivity index (χ3v) is 4.14. The Balaban J connectivity index is 1.62. The van der Waals surface area contributed by atoms with Crippen LogP contribution in [-0.4, -0.2) is 22.3 Å². The van der Waals surface area contributed by atoms with E-state index in [-0.39, 0.29) is 5.91 Å². The van der Waals surface area contributed by atoms with Crippen LogP contribution in [0.15, 0.2) is 52.9 Å². The number of aromatic nitrogens is 1. The van der Waals surface area contributed by atoms with E-state index in [4.69, 9.17) is 4.42 Å². The molecule has 0 N–H and O–H groups in total. The Morgan fingerprint density at radius 2 is 1.92 bits per heavy atom. The lowest BCUT2D eigenvalue weighted by Crippen LogP contribution is -2.30. The van der Waals surface area contributed by atoms with Gasteiger partial charge in [-0.2, -0.15) is 0 Å². The predicted octanol–water partition coefficient (Wildman–Crippen LogP) is 4.12. The van der Waals surface area contributed by atoms with Crippen LogP contribution in [0.5, 0.6) is 0 Å². The van der Waals surface area contributed by atoms with Gasteiger partial charge in [-0.25, -0.2) is 4.98 Å². The van der Waals surface area contributed by atoms with Gasteiger partial charge in [0.15, 0.2) is 11.5 Å². The van der Waals surface area contributed by atoms with E-state index in [1.807, 2.05) is 55.1 Å². The molecule has 4 heteroatoms. The van der Waals surface area contributed by atoms with Gasteiger partial charge in [0, 0.05) is 26.4 Å². The van der Waals surface area contributed by atoms with E-state index < -0.39 is 0 Å². The molecule has 0 radical (unpaired) electrons. The molecular weight excluding hydrogens is 300 g/mol. The summed E-state index contributed by atoms with van der Waals surface area (Å²) in [5, 5.41) is 0. The molecule has 0 saturated heterocycles. The molecule has 124 valence electrons. The molecule has 0 bridgehead atoms. The first-order valence-corrected chi connectivity index (χ1v) is 8.33. The zero-order valence-electron chi connectivity index (χ0n) is 14.2. The first-order valence-electron chi connectivity index (χ1n) is 8.33. The van der Waals surface area contributed by atoms with Crippen molar-refractivity contribution in [2.45, 2.75) is 33.2 Å². The lowest BCUT2D eigenvalue weighted by Gasteiger charge is -2.21. The van der Waals surface area contributed by atoms with Gasteiger partial charge in [-0.1, -0.05) is 36.4 Å². The summed E-state index contributed by atoms with van der Waals surface area (Å²) in [5.41, 5.74) is 3.92. The molecule has 4 nitrogen and oxygen atoms in total. The van der Waals surface area contributed by atoms with Crippen molar-refractivity contribution in [3.8, 4) is 0 Å². The SMILES string of the molecule is CCN(Cc1ccccc1)C(=O)CCc1ccc2oc(C)nc2c1. The summed E-state index contributed by atoms with van der Waals surface area (Å²) in [6, 6.07) is 16.0. The summed E-state index contributed by atoms with van der Waals surface area (Å²) in [6.45, 7) is 5.24. The lowest BCUT2D eigenvalue weighted by molar-refractivity contribution is -0.131. The van der Waals surface area contributed by atoms with Gasteiger partial charge in [-0.3, -0.25) is 4.79 Å². The number of hydrogen-bond acceptors (Lipinski definition) is 3. The number of carbonyl (C=O) groups is 1. The van der Waals surface area contributed by atoms with Crippen LogP contribution in [0, 0.1) is 6.92 Å². The second-order valence-corrected chi connectivity index (χ2v) is 5.93. The molecule has 0 fully saturated rings. The van der Waals surface area contributed by atoms with Crippen molar-refractivity contribution < 1.29 is 9.21 Å². The number of amides is 1. The number of rotatable bonds is 6. The normalized spacial score (nSPS) is 10.9. The second-order valence-electron chi connectivity index (χ2n) is 5.93. The average Bonchev–Trinajstić information content (AvgIpc) is 2.97. The third kappa shape index (κ3) is 3.82. The van der Waals surface area contributed by atoms with Crippen LogP contribution in [0.25, 0.3) is 11.1 Å². The van der Waals surface area contributed by atoms with E-state index >= 15 is 0 Å². The number of hydrogen-bond donors (Lipinski definition) is 0. The number of benzene rings is 2. The quantitative estimate of drug-likeness (QED) is 0.686. The highest BCUT2D eigenvalue weighted by atomic mass is 16.3. The Kier molecular flexibility index (Phi) is 4.94. The summed E-state index contributed by atoms with van der Waals surface area (Å²) in [4.78, 5) is 18.8. The van der Waals surface area contributed by atoms with E-state index in [9.17, 15) is 4.79 Å². The number of nitrogens with zero attached hydrogens (tertiary/aromatic N) is 2. The van der Waals surface area contributed by atoms with Crippen molar-refractivity contribution >= 4 is 17.0 Å². The largest absolute Gasteiger partial charge is 0.441 e. The molecule has 0 saturated carbocycles. The molecule has 0 spiro atoms. The fourth-order valence-electron chi connectivity index (χ4n) is 2.83. The minimum absolute atomic E-state index is 0.179. The van der Waals surface area contributed by atoms with E-state index in [0.717, 1.165) is 28.8 Å². The molecule has 1 amide bonds. The van der Waals surface area contributed by atoms with Gasteiger partial charge in [0.2, 0.25) is 5.91 Å². The predicted molar refractivity (Wildman–Crippen MR) is 94.6 cm³/mol. The van der Waals surface area contributed by atoms with Gasteiger partial charge in [0.25, 0.3) is 0 Å². The van der Waals surface area contributed by atoms with Gasteiger partial charge >= 0.3 is 0 Å². The summed E-state index contributed by atoms with van der Waals surface area (Å²) in [5.74, 6) is 0.844. The van der Waals surface area contributed by atoms with Crippen molar-refractivity contribution in [1.82, 2.24) is 9.88 Å². The zero-order chi connectivity index (χ0) is 16.9. The van der Waals surface area contributed by atoms with Crippen molar-refractivity contribution in [3.63, 3.8) is 0 Å². The first-order chi connectivity index (χ1) is 11.7. The van der Waals surface area contributed by atoms with Gasteiger partial charge in [-0.15, -0.1) is 0 Å². The standard InChI is InChI=1S/C20H22N2O2/c1-3-22(14-17-7-5-4-6-8-17)20(23)12-10-16-9-11-19-18(13-16)21-15(2)24-19/h4-9,11,13H,3,10,12,14H2,1-2H3. The molecule has 0 aliphatic rings. The number of carbonyl (C=O) groups excluding carboxylic acids is 1. The van der Waals surface area contributed by atoms with Gasteiger partial charge in [0.05, 0.1) is 0 Å². The number of fused-ring (bicyclic) bond motifs is 1. The highest BCUT2D eigenvalue weighted by molar-refractivity contribution is 5.77. The molecule has 1 aromatic heterocycles. The highest BCUT2D eigenvalue weighted by Gasteiger charge is 2.12. The van der Waals surface area contributed by atoms with Crippen molar-refractivity contribution in [1.29, 1.82) is 0 Å². The molecule has 3 aromatic rings. The Bertz CT molecular complexity index is 824. The topological polar surface area (TPSA) is 46.3 Å². The molecule has 2 aromatic carbocycles. The van der Waals surface area contributed by atoms with Crippen molar-refractivity contribution in [2.24, 2.45) is 0 Å². The van der Waals surface area contributed by atoms with E-state index in [1.54, 1.807) is 0 Å². The minimum atomic E-state index is 0.179. The number of oxazole rings is 1. The summed E-state index contributed by atoms with van der Waals surface area (Å²) in [7, 11) is 0. The Labute approximate surface area is 142 Å². The van der Waals surface area contributed by atoms with Crippen molar-refractivity contribution in [3.05, 3.63) is 65.5 Å². The Morgan fingerprint density at radius 3 is 2.67 bits per heavy atom. The molecule has 24 heavy (non-hydrogen) atoms. The van der Waals surface area contributed by atoms with Crippen LogP contribution in [0.2, 0.25) is 0 Å². The minimum Gasteiger partial charge on any atom is -0.441 e. The zero-order valence-corrected chi connectivity index (χ0v) is 14.2. The molecular formula is C20H22N2O2. The van der Waals surface area contributed by atoms with Crippen LogP contribution in [0.4, 0.5) is 0 Å². The van der Waals surface area contributed by atoms with Crippen LogP contribution >= 0.6 is 0 Å². The van der Waals surface area contributed by atoms with E-state index in [0.29, 0.717) is 25.3 Å². The Hall–Kier alpha value is -2.62. The van der Waals surface area contributed by atoms with Crippen LogP contribution in [0.3, 0.4) is 0 Å². The maximum Gasteiger partial charge on any atom is 0.223 e. The van der Waals surface area contributed by atoms with Crippen LogP contribution in [0.1, 0.15) is 30.4 Å². The molecule has 3 rings (SSSR count). The van der Waals surface area contributed by atoms with E-state index in [1.165, 1.54) is 0 Å². The molecule has 0 aliphatic heterocycles. The summed E-state index contributed by atoms with van der Waals surface area (Å²) < 4.78 is 5.48. The monoisotopic (exact) mass is 322 g/mol. The molecule has 0 atom stereocenters. The van der Waals surface area contributed by atoms with Gasteiger partial charge in [0.1, 0.15) is 5.52 Å².